The van der Waals surface area contributed by atoms with Gasteiger partial charge in [-0.2, -0.15) is 17.8 Å². The van der Waals surface area contributed by atoms with Crippen LogP contribution < -0.4 is 18.9 Å². The minimum Gasteiger partial charge on any atom is -0.499 e. The molecule has 0 saturated heterocycles. The predicted octanol–water partition coefficient (Wildman–Crippen LogP) is -0.716. The van der Waals surface area contributed by atoms with Crippen LogP contribution in [0.15, 0.2) is 24.1 Å². The van der Waals surface area contributed by atoms with Gasteiger partial charge in [0.05, 0.1) is 0 Å². The molecule has 1 aromatic heterocycles. The van der Waals surface area contributed by atoms with Crippen molar-refractivity contribution in [2.75, 3.05) is 0 Å². The molecule has 0 radical (unpaired) electrons. The second kappa shape index (κ2) is 4.87. The maximum Gasteiger partial charge on any atom is 1.00 e. The zero-order valence-corrected chi connectivity index (χ0v) is 6.37. The molecule has 0 bridgehead atoms. The van der Waals surface area contributed by atoms with Gasteiger partial charge in [-0.15, -0.1) is 0 Å². The zero-order chi connectivity index (χ0) is 5.82. The van der Waals surface area contributed by atoms with E-state index in [-0.39, 0.29) is 18.9 Å². The average Bonchev–Trinajstić information content (AvgIpc) is 2.19. The summed E-state index contributed by atoms with van der Waals surface area (Å²) < 4.78 is 0. The molecular weight excluding hydrogens is 123 g/mol. The van der Waals surface area contributed by atoms with Crippen molar-refractivity contribution in [2.24, 2.45) is 0 Å². The Morgan fingerprint density at radius 2 is 2.44 bits per heavy atom. The second-order valence-corrected chi connectivity index (χ2v) is 2.54. The van der Waals surface area contributed by atoms with E-state index >= 15 is 0 Å². The van der Waals surface area contributed by atoms with Crippen LogP contribution in [0, 0.1) is 6.08 Å². The fourth-order valence-electron chi connectivity index (χ4n) is 0.536. The molecule has 0 nitrogen and oxygen atoms in total. The fraction of sp³-hybridized carbons (Fsp3) is 0.143. The van der Waals surface area contributed by atoms with Crippen molar-refractivity contribution < 1.29 is 18.9 Å². The number of hydrogen-bond acceptors (Lipinski definition) is 1. The van der Waals surface area contributed by atoms with Gasteiger partial charge in [0.15, 0.2) is 0 Å². The van der Waals surface area contributed by atoms with Gasteiger partial charge in [-0.1, -0.05) is 12.1 Å². The van der Waals surface area contributed by atoms with Crippen molar-refractivity contribution in [1.29, 1.82) is 0 Å². The molecule has 0 N–H and O–H groups in total. The van der Waals surface area contributed by atoms with Crippen molar-refractivity contribution in [3.05, 3.63) is 35.0 Å². The molecule has 0 aliphatic heterocycles. The first-order chi connectivity index (χ1) is 3.93. The van der Waals surface area contributed by atoms with Gasteiger partial charge in [-0.05, 0) is 10.3 Å². The van der Waals surface area contributed by atoms with E-state index in [0.717, 1.165) is 6.42 Å². The number of rotatable bonds is 2. The first-order valence-corrected chi connectivity index (χ1v) is 3.34. The molecule has 0 atom stereocenters. The summed E-state index contributed by atoms with van der Waals surface area (Å²) in [6.45, 7) is 3.52. The molecule has 0 amide bonds. The number of thiophene rings is 1. The van der Waals surface area contributed by atoms with Crippen LogP contribution in [-0.2, 0) is 6.42 Å². The van der Waals surface area contributed by atoms with Gasteiger partial charge >= 0.3 is 18.9 Å². The van der Waals surface area contributed by atoms with Crippen molar-refractivity contribution in [2.45, 2.75) is 6.42 Å². The van der Waals surface area contributed by atoms with E-state index in [0.29, 0.717) is 0 Å². The summed E-state index contributed by atoms with van der Waals surface area (Å²) in [5.41, 5.74) is 0. The normalized spacial score (nSPS) is 8.00. The molecule has 0 unspecified atom stereocenters. The van der Waals surface area contributed by atoms with E-state index in [9.17, 15) is 0 Å². The van der Waals surface area contributed by atoms with Gasteiger partial charge in [-0.25, -0.2) is 0 Å². The second-order valence-electron chi connectivity index (χ2n) is 1.51. The Balaban J connectivity index is 0.000000640. The van der Waals surface area contributed by atoms with Gasteiger partial charge in [0.2, 0.25) is 0 Å². The van der Waals surface area contributed by atoms with Crippen molar-refractivity contribution in [3.8, 4) is 0 Å². The molecule has 0 aliphatic rings. The summed E-state index contributed by atoms with van der Waals surface area (Å²) in [6, 6.07) is 4.13. The third-order valence-corrected chi connectivity index (χ3v) is 1.76. The van der Waals surface area contributed by atoms with Crippen LogP contribution in [0.4, 0.5) is 0 Å². The van der Waals surface area contributed by atoms with Crippen LogP contribution in [0.3, 0.4) is 0 Å². The van der Waals surface area contributed by atoms with Gasteiger partial charge in [0.25, 0.3) is 0 Å². The summed E-state index contributed by atoms with van der Waals surface area (Å²) in [6.07, 6.45) is 3.72. The van der Waals surface area contributed by atoms with Gasteiger partial charge < -0.3 is 6.08 Å². The van der Waals surface area contributed by atoms with Crippen molar-refractivity contribution in [3.63, 3.8) is 0 Å². The van der Waals surface area contributed by atoms with Crippen LogP contribution >= 0.6 is 11.3 Å². The molecule has 42 valence electrons. The smallest absolute Gasteiger partial charge is 0.499 e. The Morgan fingerprint density at radius 1 is 1.67 bits per heavy atom. The molecule has 1 aromatic rings. The molecule has 1 heterocycles. The molecule has 2 heteroatoms. The molecule has 0 fully saturated rings. The summed E-state index contributed by atoms with van der Waals surface area (Å²) in [7, 11) is 0. The third-order valence-electron chi connectivity index (χ3n) is 0.879. The Hall–Kier alpha value is 0.0374. The van der Waals surface area contributed by atoms with E-state index in [1.807, 2.05) is 6.07 Å². The Kier molecular flexibility index (Phi) is 4.89. The van der Waals surface area contributed by atoms with Crippen molar-refractivity contribution in [1.82, 2.24) is 0 Å². The summed E-state index contributed by atoms with van der Waals surface area (Å²) in [5.74, 6) is 0. The minimum atomic E-state index is 0. The quantitative estimate of drug-likeness (QED) is 0.366. The molecular formula is C7H7LiS. The summed E-state index contributed by atoms with van der Waals surface area (Å²) in [5, 5.41) is 2.06. The zero-order valence-electron chi connectivity index (χ0n) is 5.55. The molecule has 9 heavy (non-hydrogen) atoms. The van der Waals surface area contributed by atoms with Crippen molar-refractivity contribution >= 4 is 11.3 Å². The van der Waals surface area contributed by atoms with Crippen LogP contribution in [-0.4, -0.2) is 0 Å². The van der Waals surface area contributed by atoms with Crippen LogP contribution in [0.25, 0.3) is 0 Å². The van der Waals surface area contributed by atoms with Gasteiger partial charge in [0.1, 0.15) is 0 Å². The molecule has 0 aliphatic carbocycles. The number of hydrogen-bond donors (Lipinski definition) is 0. The SMILES string of the molecule is C=[C-]Cc1cccs1.[Li+]. The Labute approximate surface area is 71.8 Å². The third kappa shape index (κ3) is 2.91. The Bertz CT molecular complexity index is 155. The molecule has 0 aromatic carbocycles. The minimum absolute atomic E-state index is 0. The fourth-order valence-corrected chi connectivity index (χ4v) is 1.21. The van der Waals surface area contributed by atoms with Crippen LogP contribution in [0.5, 0.6) is 0 Å². The average molecular weight is 130 g/mol. The van der Waals surface area contributed by atoms with Crippen LogP contribution in [0.1, 0.15) is 4.88 Å². The van der Waals surface area contributed by atoms with Gasteiger partial charge in [0, 0.05) is 0 Å². The summed E-state index contributed by atoms with van der Waals surface area (Å²) in [4.78, 5) is 1.33. The summed E-state index contributed by atoms with van der Waals surface area (Å²) >= 11 is 1.74. The Morgan fingerprint density at radius 3 is 2.89 bits per heavy atom. The standard InChI is InChI=1S/C7H7S.Li/c1-2-4-7-5-3-6-8-7;/h3,5-6H,1,4H2;/q-1;+1. The maximum atomic E-state index is 3.52. The molecule has 0 saturated carbocycles. The van der Waals surface area contributed by atoms with E-state index in [1.165, 1.54) is 4.88 Å². The molecule has 1 rings (SSSR count). The van der Waals surface area contributed by atoms with E-state index in [4.69, 9.17) is 0 Å². The van der Waals surface area contributed by atoms with E-state index in [2.05, 4.69) is 24.1 Å². The monoisotopic (exact) mass is 130 g/mol. The first kappa shape index (κ1) is 9.04. The molecule has 0 spiro atoms. The van der Waals surface area contributed by atoms with Crippen LogP contribution in [0.2, 0.25) is 0 Å². The van der Waals surface area contributed by atoms with Gasteiger partial charge in [-0.3, -0.25) is 6.58 Å². The maximum absolute atomic E-state index is 3.52. The largest absolute Gasteiger partial charge is 1.00 e. The predicted molar refractivity (Wildman–Crippen MR) is 36.9 cm³/mol. The number of allylic oxidation sites excluding steroid dienone is 1. The van der Waals surface area contributed by atoms with E-state index < -0.39 is 0 Å². The van der Waals surface area contributed by atoms with E-state index in [1.54, 1.807) is 11.3 Å². The first-order valence-electron chi connectivity index (χ1n) is 2.46. The topological polar surface area (TPSA) is 0 Å².